The van der Waals surface area contributed by atoms with Crippen molar-refractivity contribution in [3.63, 3.8) is 0 Å². The van der Waals surface area contributed by atoms with Gasteiger partial charge in [0.2, 0.25) is 0 Å². The van der Waals surface area contributed by atoms with Gasteiger partial charge in [0.1, 0.15) is 5.82 Å². The molecule has 0 aromatic heterocycles. The Labute approximate surface area is 91.8 Å². The minimum Gasteiger partial charge on any atom is -0.310 e. The first-order valence-corrected chi connectivity index (χ1v) is 5.66. The van der Waals surface area contributed by atoms with Gasteiger partial charge in [-0.2, -0.15) is 0 Å². The van der Waals surface area contributed by atoms with E-state index >= 15 is 0 Å². The lowest BCUT2D eigenvalue weighted by Gasteiger charge is -2.14. The Bertz CT molecular complexity index is 345. The van der Waals surface area contributed by atoms with Crippen molar-refractivity contribution in [3.05, 3.63) is 33.5 Å². The predicted molar refractivity (Wildman–Crippen MR) is 58.8 cm³/mol. The third-order valence-corrected chi connectivity index (χ3v) is 3.35. The van der Waals surface area contributed by atoms with Gasteiger partial charge in [-0.15, -0.1) is 0 Å². The van der Waals surface area contributed by atoms with Crippen molar-refractivity contribution in [2.45, 2.75) is 25.8 Å². The summed E-state index contributed by atoms with van der Waals surface area (Å²) in [6.45, 7) is 3.07. The molecule has 0 amide bonds. The number of rotatable bonds is 1. The fourth-order valence-corrected chi connectivity index (χ4v) is 2.44. The molecular formula is C11H13BrFN. The van der Waals surface area contributed by atoms with E-state index in [0.29, 0.717) is 10.5 Å². The van der Waals surface area contributed by atoms with Crippen molar-refractivity contribution >= 4 is 15.9 Å². The van der Waals surface area contributed by atoms with Crippen LogP contribution in [0.15, 0.2) is 16.6 Å². The molecule has 3 heteroatoms. The highest BCUT2D eigenvalue weighted by molar-refractivity contribution is 9.10. The normalized spacial score (nSPS) is 21.5. The highest BCUT2D eigenvalue weighted by Gasteiger charge is 2.19. The van der Waals surface area contributed by atoms with Crippen molar-refractivity contribution < 1.29 is 4.39 Å². The minimum absolute atomic E-state index is 0.167. The molecule has 0 radical (unpaired) electrons. The van der Waals surface area contributed by atoms with Crippen molar-refractivity contribution in [2.75, 3.05) is 6.54 Å². The summed E-state index contributed by atoms with van der Waals surface area (Å²) in [7, 11) is 0. The lowest BCUT2D eigenvalue weighted by Crippen LogP contribution is -2.14. The Kier molecular flexibility index (Phi) is 2.88. The quantitative estimate of drug-likeness (QED) is 0.814. The SMILES string of the molecule is Cc1cc(Br)c(F)cc1[C@@H]1CCCN1. The zero-order valence-electron chi connectivity index (χ0n) is 8.11. The van der Waals surface area contributed by atoms with Crippen LogP contribution in [-0.2, 0) is 0 Å². The fraction of sp³-hybridized carbons (Fsp3) is 0.455. The molecule has 2 rings (SSSR count). The van der Waals surface area contributed by atoms with Crippen LogP contribution in [0.1, 0.15) is 30.0 Å². The molecule has 0 unspecified atom stereocenters. The summed E-state index contributed by atoms with van der Waals surface area (Å²) in [6, 6.07) is 3.84. The van der Waals surface area contributed by atoms with Crippen LogP contribution in [0.4, 0.5) is 4.39 Å². The molecule has 0 spiro atoms. The van der Waals surface area contributed by atoms with E-state index in [0.717, 1.165) is 24.1 Å². The van der Waals surface area contributed by atoms with E-state index in [4.69, 9.17) is 0 Å². The Morgan fingerprint density at radius 2 is 2.29 bits per heavy atom. The van der Waals surface area contributed by atoms with Crippen molar-refractivity contribution in [3.8, 4) is 0 Å². The predicted octanol–water partition coefficient (Wildman–Crippen LogP) is 3.32. The van der Waals surface area contributed by atoms with Crippen LogP contribution >= 0.6 is 15.9 Å². The summed E-state index contributed by atoms with van der Waals surface area (Å²) >= 11 is 3.19. The lowest BCUT2D eigenvalue weighted by molar-refractivity contribution is 0.599. The Hall–Kier alpha value is -0.410. The van der Waals surface area contributed by atoms with Gasteiger partial charge in [0.25, 0.3) is 0 Å². The number of benzene rings is 1. The molecule has 0 bridgehead atoms. The second-order valence-electron chi connectivity index (χ2n) is 3.77. The van der Waals surface area contributed by atoms with Gasteiger partial charge in [-0.3, -0.25) is 0 Å². The van der Waals surface area contributed by atoms with Gasteiger partial charge in [-0.25, -0.2) is 4.39 Å². The average molecular weight is 258 g/mol. The van der Waals surface area contributed by atoms with Gasteiger partial charge in [0, 0.05) is 6.04 Å². The summed E-state index contributed by atoms with van der Waals surface area (Å²) in [5, 5.41) is 3.38. The van der Waals surface area contributed by atoms with Gasteiger partial charge in [-0.05, 0) is 65.5 Å². The maximum Gasteiger partial charge on any atom is 0.137 e. The summed E-state index contributed by atoms with van der Waals surface area (Å²) < 4.78 is 13.9. The van der Waals surface area contributed by atoms with Gasteiger partial charge in [0.05, 0.1) is 4.47 Å². The molecule has 1 aromatic rings. The van der Waals surface area contributed by atoms with E-state index in [9.17, 15) is 4.39 Å². The second-order valence-corrected chi connectivity index (χ2v) is 4.63. The Morgan fingerprint density at radius 1 is 1.50 bits per heavy atom. The first kappa shape index (κ1) is 10.1. The van der Waals surface area contributed by atoms with E-state index in [1.807, 2.05) is 13.0 Å². The van der Waals surface area contributed by atoms with Crippen LogP contribution in [-0.4, -0.2) is 6.54 Å². The molecule has 76 valence electrons. The van der Waals surface area contributed by atoms with Gasteiger partial charge in [-0.1, -0.05) is 0 Å². The summed E-state index contributed by atoms with van der Waals surface area (Å²) in [5.74, 6) is -0.167. The van der Waals surface area contributed by atoms with Crippen LogP contribution in [0.25, 0.3) is 0 Å². The molecule has 14 heavy (non-hydrogen) atoms. The fourth-order valence-electron chi connectivity index (χ4n) is 1.99. The molecule has 0 saturated carbocycles. The maximum absolute atomic E-state index is 13.3. The third-order valence-electron chi connectivity index (χ3n) is 2.74. The molecular weight excluding hydrogens is 245 g/mol. The summed E-state index contributed by atoms with van der Waals surface area (Å²) in [5.41, 5.74) is 2.25. The maximum atomic E-state index is 13.3. The van der Waals surface area contributed by atoms with E-state index in [1.165, 1.54) is 6.42 Å². The van der Waals surface area contributed by atoms with Gasteiger partial charge in [0.15, 0.2) is 0 Å². The smallest absolute Gasteiger partial charge is 0.137 e. The molecule has 1 nitrogen and oxygen atoms in total. The minimum atomic E-state index is -0.167. The zero-order chi connectivity index (χ0) is 10.1. The summed E-state index contributed by atoms with van der Waals surface area (Å²) in [4.78, 5) is 0. The van der Waals surface area contributed by atoms with Crippen LogP contribution in [0.2, 0.25) is 0 Å². The van der Waals surface area contributed by atoms with Crippen LogP contribution < -0.4 is 5.32 Å². The van der Waals surface area contributed by atoms with E-state index in [-0.39, 0.29) is 5.82 Å². The lowest BCUT2D eigenvalue weighted by atomic mass is 10.00. The van der Waals surface area contributed by atoms with Gasteiger partial charge >= 0.3 is 0 Å². The number of nitrogens with one attached hydrogen (secondary N) is 1. The first-order valence-electron chi connectivity index (χ1n) is 4.87. The van der Waals surface area contributed by atoms with E-state index < -0.39 is 0 Å². The average Bonchev–Trinajstić information content (AvgIpc) is 2.64. The largest absolute Gasteiger partial charge is 0.310 e. The zero-order valence-corrected chi connectivity index (χ0v) is 9.70. The Morgan fingerprint density at radius 3 is 2.93 bits per heavy atom. The second kappa shape index (κ2) is 3.99. The standard InChI is InChI=1S/C11H13BrFN/c1-7-5-9(12)10(13)6-8(7)11-3-2-4-14-11/h5-6,11,14H,2-4H2,1H3/t11-/m0/s1. The third kappa shape index (κ3) is 1.84. The van der Waals surface area contributed by atoms with Crippen molar-refractivity contribution in [1.29, 1.82) is 0 Å². The van der Waals surface area contributed by atoms with Gasteiger partial charge < -0.3 is 5.32 Å². The highest BCUT2D eigenvalue weighted by Crippen LogP contribution is 2.29. The van der Waals surface area contributed by atoms with E-state index in [1.54, 1.807) is 6.07 Å². The summed E-state index contributed by atoms with van der Waals surface area (Å²) in [6.07, 6.45) is 2.30. The molecule has 1 aromatic carbocycles. The topological polar surface area (TPSA) is 12.0 Å². The highest BCUT2D eigenvalue weighted by atomic mass is 79.9. The first-order chi connectivity index (χ1) is 6.68. The molecule has 1 aliphatic rings. The number of hydrogen-bond donors (Lipinski definition) is 1. The molecule has 1 N–H and O–H groups in total. The molecule has 1 saturated heterocycles. The number of hydrogen-bond acceptors (Lipinski definition) is 1. The number of halogens is 2. The molecule has 1 aliphatic heterocycles. The van der Waals surface area contributed by atoms with Crippen LogP contribution in [0.3, 0.4) is 0 Å². The number of aryl methyl sites for hydroxylation is 1. The van der Waals surface area contributed by atoms with Crippen molar-refractivity contribution in [2.24, 2.45) is 0 Å². The molecule has 1 atom stereocenters. The van der Waals surface area contributed by atoms with E-state index in [2.05, 4.69) is 21.2 Å². The van der Waals surface area contributed by atoms with Crippen molar-refractivity contribution in [1.82, 2.24) is 5.32 Å². The van der Waals surface area contributed by atoms with Crippen LogP contribution in [0.5, 0.6) is 0 Å². The Balaban J connectivity index is 2.37. The molecule has 1 heterocycles. The molecule has 1 fully saturated rings. The van der Waals surface area contributed by atoms with Crippen LogP contribution in [0, 0.1) is 12.7 Å². The monoisotopic (exact) mass is 257 g/mol. The molecule has 0 aliphatic carbocycles.